The van der Waals surface area contributed by atoms with Gasteiger partial charge in [-0.2, -0.15) is 4.31 Å². The van der Waals surface area contributed by atoms with Gasteiger partial charge in [0, 0.05) is 44.5 Å². The number of nitrogens with zero attached hydrogens (tertiary/aromatic N) is 5. The average Bonchev–Trinajstić information content (AvgIpc) is 2.80. The highest BCUT2D eigenvalue weighted by Crippen LogP contribution is 2.24. The molecular weight excluding hydrogens is 414 g/mol. The highest BCUT2D eigenvalue weighted by Gasteiger charge is 2.30. The molecule has 1 saturated heterocycles. The normalized spacial score (nSPS) is 15.7. The van der Waals surface area contributed by atoms with Crippen molar-refractivity contribution in [2.24, 2.45) is 0 Å². The maximum atomic E-state index is 13.2. The van der Waals surface area contributed by atoms with Crippen LogP contribution in [0, 0.1) is 6.92 Å². The van der Waals surface area contributed by atoms with Crippen LogP contribution in [0.25, 0.3) is 11.5 Å². The molecule has 0 N–H and O–H groups in total. The van der Waals surface area contributed by atoms with Crippen LogP contribution in [0.2, 0.25) is 0 Å². The van der Waals surface area contributed by atoms with Gasteiger partial charge in [-0.3, -0.25) is 9.88 Å². The Hall–Kier alpha value is -2.88. The number of hydrogen-bond donors (Lipinski definition) is 0. The molecule has 0 unspecified atom stereocenters. The number of methoxy groups -OCH3 is 1. The van der Waals surface area contributed by atoms with E-state index in [9.17, 15) is 8.42 Å². The molecule has 0 amide bonds. The Bertz CT molecular complexity index is 1150. The summed E-state index contributed by atoms with van der Waals surface area (Å²) in [7, 11) is -2.00. The Labute approximate surface area is 182 Å². The van der Waals surface area contributed by atoms with E-state index in [1.807, 2.05) is 36.4 Å². The first-order valence-electron chi connectivity index (χ1n) is 10.1. The highest BCUT2D eigenvalue weighted by atomic mass is 32.2. The second kappa shape index (κ2) is 9.09. The number of aromatic nitrogens is 3. The zero-order valence-corrected chi connectivity index (χ0v) is 18.4. The molecule has 2 aromatic heterocycles. The largest absolute Gasteiger partial charge is 0.496 e. The van der Waals surface area contributed by atoms with E-state index in [1.54, 1.807) is 26.3 Å². The van der Waals surface area contributed by atoms with Gasteiger partial charge in [0.25, 0.3) is 0 Å². The highest BCUT2D eigenvalue weighted by molar-refractivity contribution is 7.89. The maximum absolute atomic E-state index is 13.2. The molecule has 1 aromatic carbocycles. The smallest absolute Gasteiger partial charge is 0.246 e. The van der Waals surface area contributed by atoms with Crippen molar-refractivity contribution in [2.45, 2.75) is 18.4 Å². The quantitative estimate of drug-likeness (QED) is 0.583. The van der Waals surface area contributed by atoms with E-state index in [2.05, 4.69) is 19.9 Å². The number of rotatable bonds is 6. The van der Waals surface area contributed by atoms with Crippen molar-refractivity contribution in [3.63, 3.8) is 0 Å². The molecule has 162 valence electrons. The summed E-state index contributed by atoms with van der Waals surface area (Å²) in [5.74, 6) is 1.26. The second-order valence-corrected chi connectivity index (χ2v) is 9.26. The Morgan fingerprint density at radius 3 is 2.42 bits per heavy atom. The zero-order chi connectivity index (χ0) is 21.8. The van der Waals surface area contributed by atoms with Crippen molar-refractivity contribution in [1.29, 1.82) is 0 Å². The van der Waals surface area contributed by atoms with Crippen LogP contribution in [0.5, 0.6) is 5.75 Å². The lowest BCUT2D eigenvalue weighted by Crippen LogP contribution is -2.48. The first-order chi connectivity index (χ1) is 15.0. The number of ether oxygens (including phenoxy) is 1. The minimum Gasteiger partial charge on any atom is -0.496 e. The molecule has 1 aliphatic rings. The van der Waals surface area contributed by atoms with Crippen LogP contribution in [0.3, 0.4) is 0 Å². The van der Waals surface area contributed by atoms with Crippen LogP contribution in [-0.2, 0) is 16.6 Å². The Balaban J connectivity index is 1.45. The van der Waals surface area contributed by atoms with E-state index in [0.29, 0.717) is 43.4 Å². The Morgan fingerprint density at radius 2 is 1.74 bits per heavy atom. The summed E-state index contributed by atoms with van der Waals surface area (Å²) in [4.78, 5) is 15.3. The van der Waals surface area contributed by atoms with Gasteiger partial charge in [-0.15, -0.1) is 0 Å². The molecule has 1 aliphatic heterocycles. The van der Waals surface area contributed by atoms with Crippen molar-refractivity contribution < 1.29 is 13.2 Å². The minimum absolute atomic E-state index is 0.144. The summed E-state index contributed by atoms with van der Waals surface area (Å²) in [5, 5.41) is 0. The average molecular weight is 440 g/mol. The standard InChI is InChI=1S/C22H25N5O3S/c1-17-21(15-24-22(25-17)19-8-5-6-10-23-19)31(28,29)27-13-11-26(12-14-27)16-18-7-3-4-9-20(18)30-2/h3-10,15H,11-14,16H2,1-2H3. The summed E-state index contributed by atoms with van der Waals surface area (Å²) < 4.78 is 33.4. The van der Waals surface area contributed by atoms with E-state index >= 15 is 0 Å². The molecule has 3 aromatic rings. The summed E-state index contributed by atoms with van der Waals surface area (Å²) >= 11 is 0. The molecule has 8 nitrogen and oxygen atoms in total. The third-order valence-electron chi connectivity index (χ3n) is 5.36. The molecule has 0 radical (unpaired) electrons. The monoisotopic (exact) mass is 439 g/mol. The summed E-state index contributed by atoms with van der Waals surface area (Å²) in [6.07, 6.45) is 3.05. The topological polar surface area (TPSA) is 88.5 Å². The first kappa shape index (κ1) is 21.4. The summed E-state index contributed by atoms with van der Waals surface area (Å²) in [6, 6.07) is 13.3. The number of sulfonamides is 1. The molecule has 9 heteroatoms. The second-order valence-electron chi connectivity index (χ2n) is 7.35. The Morgan fingerprint density at radius 1 is 1.00 bits per heavy atom. The lowest BCUT2D eigenvalue weighted by molar-refractivity contribution is 0.180. The number of aryl methyl sites for hydroxylation is 1. The molecule has 4 rings (SSSR count). The molecule has 0 saturated carbocycles. The van der Waals surface area contributed by atoms with Crippen LogP contribution < -0.4 is 4.74 Å². The van der Waals surface area contributed by atoms with E-state index in [1.165, 1.54) is 10.5 Å². The lowest BCUT2D eigenvalue weighted by atomic mass is 10.2. The van der Waals surface area contributed by atoms with Gasteiger partial charge in [-0.1, -0.05) is 24.3 Å². The predicted octanol–water partition coefficient (Wildman–Crippen LogP) is 2.36. The molecule has 0 bridgehead atoms. The van der Waals surface area contributed by atoms with Crippen LogP contribution in [0.4, 0.5) is 0 Å². The molecule has 0 spiro atoms. The number of benzene rings is 1. The maximum Gasteiger partial charge on any atom is 0.246 e. The van der Waals surface area contributed by atoms with Gasteiger partial charge in [-0.05, 0) is 25.1 Å². The van der Waals surface area contributed by atoms with Crippen molar-refractivity contribution in [2.75, 3.05) is 33.3 Å². The molecular formula is C22H25N5O3S. The van der Waals surface area contributed by atoms with Gasteiger partial charge < -0.3 is 4.74 Å². The van der Waals surface area contributed by atoms with E-state index < -0.39 is 10.0 Å². The Kier molecular flexibility index (Phi) is 6.26. The summed E-state index contributed by atoms with van der Waals surface area (Å²) in [5.41, 5.74) is 2.13. The number of pyridine rings is 1. The van der Waals surface area contributed by atoms with E-state index in [-0.39, 0.29) is 4.90 Å². The van der Waals surface area contributed by atoms with E-state index in [0.717, 1.165) is 17.9 Å². The van der Waals surface area contributed by atoms with Gasteiger partial charge in [0.15, 0.2) is 5.82 Å². The molecule has 0 aliphatic carbocycles. The molecule has 3 heterocycles. The third-order valence-corrected chi connectivity index (χ3v) is 7.37. The van der Waals surface area contributed by atoms with Crippen LogP contribution in [-0.4, -0.2) is 65.9 Å². The number of para-hydroxylation sites is 1. The van der Waals surface area contributed by atoms with Crippen molar-refractivity contribution in [1.82, 2.24) is 24.2 Å². The number of piperazine rings is 1. The molecule has 0 atom stereocenters. The zero-order valence-electron chi connectivity index (χ0n) is 17.6. The third kappa shape index (κ3) is 4.58. The first-order valence-corrected chi connectivity index (χ1v) is 11.5. The minimum atomic E-state index is -3.66. The van der Waals surface area contributed by atoms with Crippen LogP contribution >= 0.6 is 0 Å². The fourth-order valence-corrected chi connectivity index (χ4v) is 5.20. The fourth-order valence-electron chi connectivity index (χ4n) is 3.67. The molecule has 31 heavy (non-hydrogen) atoms. The fraction of sp³-hybridized carbons (Fsp3) is 0.318. The SMILES string of the molecule is COc1ccccc1CN1CCN(S(=O)(=O)c2cnc(-c3ccccn3)nc2C)CC1. The van der Waals surface area contributed by atoms with Crippen LogP contribution in [0.15, 0.2) is 59.8 Å². The molecule has 1 fully saturated rings. The van der Waals surface area contributed by atoms with Crippen molar-refractivity contribution >= 4 is 10.0 Å². The van der Waals surface area contributed by atoms with Crippen molar-refractivity contribution in [3.05, 3.63) is 66.1 Å². The van der Waals surface area contributed by atoms with Gasteiger partial charge >= 0.3 is 0 Å². The summed E-state index contributed by atoms with van der Waals surface area (Å²) in [6.45, 7) is 4.53. The van der Waals surface area contributed by atoms with Gasteiger partial charge in [0.2, 0.25) is 10.0 Å². The van der Waals surface area contributed by atoms with Gasteiger partial charge in [-0.25, -0.2) is 18.4 Å². The number of hydrogen-bond acceptors (Lipinski definition) is 7. The van der Waals surface area contributed by atoms with Crippen molar-refractivity contribution in [3.8, 4) is 17.3 Å². The van der Waals surface area contributed by atoms with Gasteiger partial charge in [0.1, 0.15) is 16.3 Å². The van der Waals surface area contributed by atoms with Gasteiger partial charge in [0.05, 0.1) is 19.0 Å². The van der Waals surface area contributed by atoms with Crippen LogP contribution in [0.1, 0.15) is 11.3 Å². The predicted molar refractivity (Wildman–Crippen MR) is 117 cm³/mol. The van der Waals surface area contributed by atoms with E-state index in [4.69, 9.17) is 4.74 Å². The lowest BCUT2D eigenvalue weighted by Gasteiger charge is -2.34.